The molecular weight excluding hydrogens is 269 g/mol. The van der Waals surface area contributed by atoms with Gasteiger partial charge in [-0.3, -0.25) is 4.52 Å². The van der Waals surface area contributed by atoms with E-state index < -0.39 is 25.5 Å². The number of aryl methyl sites for hydroxylation is 1. The molecule has 3 N–H and O–H groups in total. The molecule has 0 saturated carbocycles. The van der Waals surface area contributed by atoms with E-state index in [0.717, 1.165) is 10.8 Å². The molecule has 0 aliphatic rings. The molecule has 10 nitrogen and oxygen atoms in total. The van der Waals surface area contributed by atoms with Crippen molar-refractivity contribution in [2.75, 3.05) is 6.61 Å². The van der Waals surface area contributed by atoms with E-state index in [2.05, 4.69) is 9.51 Å². The first-order valence-electron chi connectivity index (χ1n) is 4.75. The van der Waals surface area contributed by atoms with Crippen molar-refractivity contribution in [3.63, 3.8) is 0 Å². The van der Waals surface area contributed by atoms with Gasteiger partial charge >= 0.3 is 13.6 Å². The Kier molecular flexibility index (Phi) is 4.54. The normalized spacial score (nSPS) is 13.6. The van der Waals surface area contributed by atoms with E-state index in [9.17, 15) is 19.8 Å². The smallest absolute Gasteiger partial charge is 0.387 e. The molecule has 0 unspecified atom stereocenters. The Labute approximate surface area is 101 Å². The van der Waals surface area contributed by atoms with Crippen LogP contribution in [0.1, 0.15) is 5.82 Å². The topological polar surface area (TPSA) is 148 Å². The van der Waals surface area contributed by atoms with E-state index in [1.165, 1.54) is 6.92 Å². The number of rotatable bonds is 6. The van der Waals surface area contributed by atoms with Gasteiger partial charge in [0.2, 0.25) is 0 Å². The third-order valence-corrected chi connectivity index (χ3v) is 2.53. The van der Waals surface area contributed by atoms with E-state index in [1.807, 2.05) is 0 Å². The molecule has 0 amide bonds. The van der Waals surface area contributed by atoms with Crippen LogP contribution in [0.5, 0.6) is 0 Å². The minimum Gasteiger partial charge on any atom is -0.387 e. The maximum Gasteiger partial charge on any atom is 0.469 e. The fourth-order valence-corrected chi connectivity index (χ4v) is 1.64. The lowest BCUT2D eigenvalue weighted by Gasteiger charge is -2.11. The first kappa shape index (κ1) is 14.7. The van der Waals surface area contributed by atoms with Crippen LogP contribution in [-0.4, -0.2) is 42.1 Å². The molecule has 1 heterocycles. The number of phosphoric acid groups is 1. The number of nitrogens with zero attached hydrogens (tertiary/aromatic N) is 3. The van der Waals surface area contributed by atoms with Crippen molar-refractivity contribution in [1.29, 1.82) is 0 Å². The largest absolute Gasteiger partial charge is 0.469 e. The molecule has 102 valence electrons. The van der Waals surface area contributed by atoms with Gasteiger partial charge in [-0.05, 0) is 4.92 Å². The van der Waals surface area contributed by atoms with Crippen LogP contribution in [0.2, 0.25) is 0 Å². The summed E-state index contributed by atoms with van der Waals surface area (Å²) in [6.45, 7) is 0.616. The Morgan fingerprint density at radius 2 is 2.28 bits per heavy atom. The van der Waals surface area contributed by atoms with Crippen LogP contribution in [0.3, 0.4) is 0 Å². The van der Waals surface area contributed by atoms with Gasteiger partial charge in [0, 0.05) is 6.92 Å². The number of phosphoric ester groups is 1. The molecule has 1 rings (SSSR count). The van der Waals surface area contributed by atoms with Crippen LogP contribution >= 0.6 is 7.82 Å². The first-order chi connectivity index (χ1) is 8.20. The molecule has 0 aliphatic heterocycles. The van der Waals surface area contributed by atoms with E-state index in [1.54, 1.807) is 0 Å². The van der Waals surface area contributed by atoms with Gasteiger partial charge in [0.25, 0.3) is 0 Å². The quantitative estimate of drug-likeness (QED) is 0.361. The molecule has 0 bridgehead atoms. The van der Waals surface area contributed by atoms with Crippen molar-refractivity contribution in [1.82, 2.24) is 9.55 Å². The number of nitro groups is 1. The number of hydrogen-bond acceptors (Lipinski definition) is 6. The van der Waals surface area contributed by atoms with Gasteiger partial charge in [-0.25, -0.2) is 14.1 Å². The van der Waals surface area contributed by atoms with Gasteiger partial charge in [-0.1, -0.05) is 0 Å². The van der Waals surface area contributed by atoms with E-state index in [0.29, 0.717) is 5.82 Å². The molecule has 11 heteroatoms. The monoisotopic (exact) mass is 281 g/mol. The standard InChI is InChI=1S/C7H12N3O7P/c1-5-8-2-7(10(12)13)9(5)3-6(11)4-17-18(14,15)16/h2,6,11H,3-4H2,1H3,(H2,14,15,16)/t6-/m0/s1. The van der Waals surface area contributed by atoms with Gasteiger partial charge in [0.05, 0.1) is 6.61 Å². The Balaban J connectivity index is 2.70. The maximum atomic E-state index is 10.6. The van der Waals surface area contributed by atoms with Gasteiger partial charge < -0.3 is 25.0 Å². The molecule has 0 fully saturated rings. The van der Waals surface area contributed by atoms with Crippen molar-refractivity contribution in [3.05, 3.63) is 22.1 Å². The fourth-order valence-electron chi connectivity index (χ4n) is 1.27. The average molecular weight is 281 g/mol. The summed E-state index contributed by atoms with van der Waals surface area (Å²) in [5, 5.41) is 20.1. The molecule has 18 heavy (non-hydrogen) atoms. The van der Waals surface area contributed by atoms with Gasteiger partial charge in [0.15, 0.2) is 5.82 Å². The average Bonchev–Trinajstić information content (AvgIpc) is 2.57. The zero-order valence-electron chi connectivity index (χ0n) is 9.33. The van der Waals surface area contributed by atoms with Crippen molar-refractivity contribution < 1.29 is 28.9 Å². The lowest BCUT2D eigenvalue weighted by molar-refractivity contribution is -0.392. The number of imidazole rings is 1. The van der Waals surface area contributed by atoms with Crippen LogP contribution < -0.4 is 0 Å². The van der Waals surface area contributed by atoms with Gasteiger partial charge in [-0.15, -0.1) is 0 Å². The van der Waals surface area contributed by atoms with Crippen LogP contribution in [-0.2, 0) is 15.6 Å². The van der Waals surface area contributed by atoms with Gasteiger partial charge in [0.1, 0.15) is 18.8 Å². The van der Waals surface area contributed by atoms with Crippen molar-refractivity contribution >= 4 is 13.6 Å². The summed E-state index contributed by atoms with van der Waals surface area (Å²) in [6, 6.07) is 0. The molecule has 1 aromatic heterocycles. The summed E-state index contributed by atoms with van der Waals surface area (Å²) in [7, 11) is -4.67. The maximum absolute atomic E-state index is 10.6. The number of hydrogen-bond donors (Lipinski definition) is 3. The van der Waals surface area contributed by atoms with E-state index >= 15 is 0 Å². The van der Waals surface area contributed by atoms with Crippen LogP contribution in [0.25, 0.3) is 0 Å². The van der Waals surface area contributed by atoms with E-state index in [-0.39, 0.29) is 12.4 Å². The predicted molar refractivity (Wildman–Crippen MR) is 57.6 cm³/mol. The molecule has 0 radical (unpaired) electrons. The van der Waals surface area contributed by atoms with Crippen molar-refractivity contribution in [2.45, 2.75) is 19.6 Å². The van der Waals surface area contributed by atoms with Crippen LogP contribution in [0.4, 0.5) is 5.82 Å². The lowest BCUT2D eigenvalue weighted by Crippen LogP contribution is -2.22. The first-order valence-corrected chi connectivity index (χ1v) is 6.28. The summed E-state index contributed by atoms with van der Waals surface area (Å²) < 4.78 is 15.6. The van der Waals surface area contributed by atoms with Gasteiger partial charge in [-0.2, -0.15) is 0 Å². The molecule has 0 aromatic carbocycles. The van der Waals surface area contributed by atoms with Crippen molar-refractivity contribution in [2.24, 2.45) is 0 Å². The zero-order chi connectivity index (χ0) is 13.9. The molecular formula is C7H12N3O7P. The second-order valence-electron chi connectivity index (χ2n) is 3.47. The second-order valence-corrected chi connectivity index (χ2v) is 4.71. The summed E-state index contributed by atoms with van der Waals surface area (Å²) in [5.74, 6) is -0.0142. The van der Waals surface area contributed by atoms with E-state index in [4.69, 9.17) is 9.79 Å². The zero-order valence-corrected chi connectivity index (χ0v) is 10.2. The number of aromatic nitrogens is 2. The summed E-state index contributed by atoms with van der Waals surface area (Å²) in [4.78, 5) is 30.6. The Morgan fingerprint density at radius 1 is 1.67 bits per heavy atom. The highest BCUT2D eigenvalue weighted by atomic mass is 31.2. The highest BCUT2D eigenvalue weighted by Crippen LogP contribution is 2.35. The molecule has 1 aromatic rings. The summed E-state index contributed by atoms with van der Waals surface area (Å²) in [5.41, 5.74) is 0. The minimum atomic E-state index is -4.67. The van der Waals surface area contributed by atoms with Crippen molar-refractivity contribution in [3.8, 4) is 0 Å². The number of aliphatic hydroxyl groups is 1. The summed E-state index contributed by atoms with van der Waals surface area (Å²) in [6.07, 6.45) is -0.268. The Bertz CT molecular complexity index is 481. The predicted octanol–water partition coefficient (Wildman–Crippen LogP) is -0.430. The number of aliphatic hydroxyl groups excluding tert-OH is 1. The Hall–Kier alpha value is -1.32. The lowest BCUT2D eigenvalue weighted by atomic mass is 10.3. The highest BCUT2D eigenvalue weighted by molar-refractivity contribution is 7.46. The molecule has 1 atom stereocenters. The third kappa shape index (κ3) is 4.17. The SMILES string of the molecule is Cc1ncc([N+](=O)[O-])n1C[C@H](O)COP(=O)(O)O. The second kappa shape index (κ2) is 5.55. The molecule has 0 spiro atoms. The third-order valence-electron chi connectivity index (χ3n) is 2.05. The molecule has 0 aliphatic carbocycles. The van der Waals surface area contributed by atoms with Crippen LogP contribution in [0.15, 0.2) is 6.20 Å². The minimum absolute atomic E-state index is 0.248. The fraction of sp³-hybridized carbons (Fsp3) is 0.571. The van der Waals surface area contributed by atoms with Crippen LogP contribution in [0, 0.1) is 17.0 Å². The Morgan fingerprint density at radius 3 is 2.78 bits per heavy atom. The molecule has 0 saturated heterocycles. The summed E-state index contributed by atoms with van der Waals surface area (Å²) >= 11 is 0. The highest BCUT2D eigenvalue weighted by Gasteiger charge is 2.23.